The molecule has 0 saturated carbocycles. The Morgan fingerprint density at radius 1 is 0.974 bits per heavy atom. The van der Waals surface area contributed by atoms with Crippen molar-refractivity contribution in [3.63, 3.8) is 0 Å². The third kappa shape index (κ3) is 5.82. The fourth-order valence-electron chi connectivity index (χ4n) is 4.42. The molecule has 1 atom stereocenters. The molecule has 1 unspecified atom stereocenters. The van der Waals surface area contributed by atoms with Gasteiger partial charge in [-0.05, 0) is 47.9 Å². The van der Waals surface area contributed by atoms with E-state index in [2.05, 4.69) is 5.10 Å². The van der Waals surface area contributed by atoms with Gasteiger partial charge in [0.25, 0.3) is 5.91 Å². The van der Waals surface area contributed by atoms with E-state index in [1.807, 2.05) is 54.6 Å². The van der Waals surface area contributed by atoms with Crippen molar-refractivity contribution in [1.29, 1.82) is 0 Å². The van der Waals surface area contributed by atoms with Crippen LogP contribution in [0.2, 0.25) is 0 Å². The van der Waals surface area contributed by atoms with Gasteiger partial charge in [-0.1, -0.05) is 42.5 Å². The second kappa shape index (κ2) is 11.2. The van der Waals surface area contributed by atoms with Crippen molar-refractivity contribution in [2.24, 2.45) is 5.10 Å². The van der Waals surface area contributed by atoms with Crippen molar-refractivity contribution in [3.05, 3.63) is 106 Å². The van der Waals surface area contributed by atoms with E-state index in [4.69, 9.17) is 18.6 Å². The van der Waals surface area contributed by atoms with E-state index in [0.29, 0.717) is 23.5 Å². The van der Waals surface area contributed by atoms with Crippen LogP contribution < -0.4 is 15.1 Å². The zero-order valence-electron chi connectivity index (χ0n) is 21.5. The molecule has 0 saturated heterocycles. The molecule has 9 nitrogen and oxygen atoms in total. The van der Waals surface area contributed by atoms with E-state index in [-0.39, 0.29) is 6.04 Å². The molecular weight excluding hydrogens is 500 g/mol. The first-order valence-electron chi connectivity index (χ1n) is 12.3. The van der Waals surface area contributed by atoms with Gasteiger partial charge in [0.15, 0.2) is 13.2 Å². The maximum absolute atomic E-state index is 13.2. The summed E-state index contributed by atoms with van der Waals surface area (Å²) in [6, 6.07) is 23.0. The lowest BCUT2D eigenvalue weighted by Gasteiger charge is -2.22. The van der Waals surface area contributed by atoms with Crippen LogP contribution in [0.15, 0.2) is 93.2 Å². The topological polar surface area (TPSA) is 108 Å². The number of amides is 1. The molecule has 3 aromatic carbocycles. The molecule has 9 heteroatoms. The Bertz CT molecular complexity index is 1590. The molecule has 1 aliphatic rings. The molecule has 0 N–H and O–H groups in total. The van der Waals surface area contributed by atoms with E-state index < -0.39 is 30.7 Å². The first kappa shape index (κ1) is 25.7. The number of hydrazone groups is 1. The number of methoxy groups -OCH3 is 1. The highest BCUT2D eigenvalue weighted by Crippen LogP contribution is 2.33. The Balaban J connectivity index is 1.24. The number of nitrogens with zero attached hydrogens (tertiary/aromatic N) is 2. The normalized spacial score (nSPS) is 14.7. The van der Waals surface area contributed by atoms with Gasteiger partial charge >= 0.3 is 11.6 Å². The van der Waals surface area contributed by atoms with Crippen LogP contribution in [-0.4, -0.2) is 42.9 Å². The molecule has 1 amide bonds. The second-order valence-electron chi connectivity index (χ2n) is 9.00. The summed E-state index contributed by atoms with van der Waals surface area (Å²) in [5.41, 5.74) is 3.22. The van der Waals surface area contributed by atoms with E-state index in [1.165, 1.54) is 17.1 Å². The van der Waals surface area contributed by atoms with E-state index in [1.54, 1.807) is 26.2 Å². The highest BCUT2D eigenvalue weighted by atomic mass is 16.6. The highest BCUT2D eigenvalue weighted by Gasteiger charge is 2.33. The van der Waals surface area contributed by atoms with Crippen LogP contribution in [0, 0.1) is 6.92 Å². The zero-order chi connectivity index (χ0) is 27.4. The fourth-order valence-corrected chi connectivity index (χ4v) is 4.42. The van der Waals surface area contributed by atoms with E-state index in [9.17, 15) is 14.4 Å². The Hall–Kier alpha value is -4.92. The number of carbonyl (C=O) groups is 2. The lowest BCUT2D eigenvalue weighted by atomic mass is 9.98. The van der Waals surface area contributed by atoms with Crippen LogP contribution in [0.3, 0.4) is 0 Å². The van der Waals surface area contributed by atoms with Gasteiger partial charge in [0, 0.05) is 23.9 Å². The molecule has 39 heavy (non-hydrogen) atoms. The summed E-state index contributed by atoms with van der Waals surface area (Å²) in [7, 11) is 1.59. The number of hydrogen-bond donors (Lipinski definition) is 0. The van der Waals surface area contributed by atoms with Gasteiger partial charge in [-0.3, -0.25) is 4.79 Å². The average Bonchev–Trinajstić information content (AvgIpc) is 3.41. The van der Waals surface area contributed by atoms with E-state index >= 15 is 0 Å². The van der Waals surface area contributed by atoms with Crippen LogP contribution >= 0.6 is 0 Å². The molecule has 1 aromatic heterocycles. The van der Waals surface area contributed by atoms with Gasteiger partial charge < -0.3 is 18.6 Å². The van der Waals surface area contributed by atoms with Gasteiger partial charge in [0.2, 0.25) is 0 Å². The minimum absolute atomic E-state index is 0.329. The third-order valence-corrected chi connectivity index (χ3v) is 6.41. The molecule has 198 valence electrons. The molecule has 0 fully saturated rings. The number of carbonyl (C=O) groups excluding carboxylic acids is 2. The van der Waals surface area contributed by atoms with Crippen molar-refractivity contribution in [3.8, 4) is 11.5 Å². The average molecular weight is 527 g/mol. The summed E-state index contributed by atoms with van der Waals surface area (Å²) >= 11 is 0. The quantitative estimate of drug-likeness (QED) is 0.247. The monoisotopic (exact) mass is 526 g/mol. The minimum atomic E-state index is -0.721. The number of rotatable bonds is 8. The molecular formula is C30H26N2O7. The van der Waals surface area contributed by atoms with Gasteiger partial charge in [0.05, 0.1) is 18.9 Å². The van der Waals surface area contributed by atoms with Crippen molar-refractivity contribution >= 4 is 28.6 Å². The Labute approximate surface area is 224 Å². The first-order valence-corrected chi connectivity index (χ1v) is 12.3. The summed E-state index contributed by atoms with van der Waals surface area (Å²) in [5.74, 6) is -0.146. The Morgan fingerprint density at radius 2 is 1.72 bits per heavy atom. The number of hydrogen-bond acceptors (Lipinski definition) is 8. The van der Waals surface area contributed by atoms with Crippen LogP contribution in [-0.2, 0) is 14.3 Å². The van der Waals surface area contributed by atoms with Crippen LogP contribution in [0.1, 0.15) is 29.2 Å². The standard InChI is InChI=1S/C30H26N2O7/c1-19-14-29(34)39-27-15-23(12-13-24(19)27)37-18-30(35)38-17-28(33)32-26(21-8-10-22(36-2)11-9-21)16-25(31-32)20-6-4-3-5-7-20/h3-15,26H,16-18H2,1-2H3. The van der Waals surface area contributed by atoms with Crippen LogP contribution in [0.5, 0.6) is 11.5 Å². The first-order chi connectivity index (χ1) is 18.9. The number of aryl methyl sites for hydroxylation is 1. The van der Waals surface area contributed by atoms with Crippen LogP contribution in [0.25, 0.3) is 11.0 Å². The summed E-state index contributed by atoms with van der Waals surface area (Å²) in [6.07, 6.45) is 0.511. The molecule has 0 bridgehead atoms. The number of benzene rings is 3. The van der Waals surface area contributed by atoms with Crippen molar-refractivity contribution in [1.82, 2.24) is 5.01 Å². The third-order valence-electron chi connectivity index (χ3n) is 6.41. The Kier molecular flexibility index (Phi) is 7.40. The maximum Gasteiger partial charge on any atom is 0.344 e. The summed E-state index contributed by atoms with van der Waals surface area (Å²) in [5, 5.41) is 6.72. The highest BCUT2D eigenvalue weighted by molar-refractivity contribution is 6.03. The zero-order valence-corrected chi connectivity index (χ0v) is 21.5. The van der Waals surface area contributed by atoms with Gasteiger partial charge in [0.1, 0.15) is 17.1 Å². The number of esters is 1. The van der Waals surface area contributed by atoms with Crippen molar-refractivity contribution in [2.75, 3.05) is 20.3 Å². The lowest BCUT2D eigenvalue weighted by molar-refractivity contribution is -0.154. The molecule has 1 aliphatic heterocycles. The SMILES string of the molecule is COc1ccc(C2CC(c3ccccc3)=NN2C(=O)COC(=O)COc2ccc3c(C)cc(=O)oc3c2)cc1. The molecule has 0 aliphatic carbocycles. The smallest absolute Gasteiger partial charge is 0.344 e. The molecule has 0 spiro atoms. The number of fused-ring (bicyclic) bond motifs is 1. The summed E-state index contributed by atoms with van der Waals surface area (Å²) in [6.45, 7) is 0.891. The minimum Gasteiger partial charge on any atom is -0.497 e. The van der Waals surface area contributed by atoms with Crippen molar-refractivity contribution in [2.45, 2.75) is 19.4 Å². The predicted octanol–water partition coefficient (Wildman–Crippen LogP) is 4.41. The number of ether oxygens (including phenoxy) is 3. The van der Waals surface area contributed by atoms with Gasteiger partial charge in [-0.2, -0.15) is 5.10 Å². The van der Waals surface area contributed by atoms with Crippen LogP contribution in [0.4, 0.5) is 0 Å². The molecule has 0 radical (unpaired) electrons. The van der Waals surface area contributed by atoms with Gasteiger partial charge in [-0.25, -0.2) is 14.6 Å². The predicted molar refractivity (Wildman–Crippen MR) is 144 cm³/mol. The lowest BCUT2D eigenvalue weighted by Crippen LogP contribution is -2.32. The fraction of sp³-hybridized carbons (Fsp3) is 0.200. The Morgan fingerprint density at radius 3 is 2.46 bits per heavy atom. The summed E-state index contributed by atoms with van der Waals surface area (Å²) in [4.78, 5) is 37.2. The van der Waals surface area contributed by atoms with E-state index in [0.717, 1.165) is 27.8 Å². The molecule has 2 heterocycles. The maximum atomic E-state index is 13.2. The molecule has 4 aromatic rings. The second-order valence-corrected chi connectivity index (χ2v) is 9.00. The molecule has 5 rings (SSSR count). The van der Waals surface area contributed by atoms with Crippen molar-refractivity contribution < 1.29 is 28.2 Å². The largest absolute Gasteiger partial charge is 0.497 e. The van der Waals surface area contributed by atoms with Gasteiger partial charge in [-0.15, -0.1) is 0 Å². The summed E-state index contributed by atoms with van der Waals surface area (Å²) < 4.78 is 21.2.